The van der Waals surface area contributed by atoms with Crippen LogP contribution in [0.25, 0.3) is 17.0 Å². The van der Waals surface area contributed by atoms with Gasteiger partial charge in [-0.25, -0.2) is 0 Å². The molecule has 0 aliphatic rings. The molecule has 0 fully saturated rings. The van der Waals surface area contributed by atoms with Crippen molar-refractivity contribution in [2.75, 3.05) is 0 Å². The van der Waals surface area contributed by atoms with Gasteiger partial charge in [0.25, 0.3) is 0 Å². The van der Waals surface area contributed by atoms with Gasteiger partial charge in [0.2, 0.25) is 5.78 Å². The summed E-state index contributed by atoms with van der Waals surface area (Å²) >= 11 is 0. The number of Topliss-reactive ketones (excluding diaryl/α,β-unsaturated/α-hetero) is 1. The molecule has 1 aromatic heterocycles. The Balaban J connectivity index is 1.99. The molecule has 0 radical (unpaired) electrons. The number of ketones is 1. The second-order valence-electron chi connectivity index (χ2n) is 5.03. The van der Waals surface area contributed by atoms with Crippen LogP contribution in [0.1, 0.15) is 15.9 Å². The fourth-order valence-corrected chi connectivity index (χ4v) is 2.30. The number of hydrogen-bond acceptors (Lipinski definition) is 4. The molecule has 0 aliphatic carbocycles. The third-order valence-electron chi connectivity index (χ3n) is 3.49. The van der Waals surface area contributed by atoms with Crippen LogP contribution in [0.2, 0.25) is 0 Å². The summed E-state index contributed by atoms with van der Waals surface area (Å²) < 4.78 is 0. The first-order valence-electron chi connectivity index (χ1n) is 6.84. The Morgan fingerprint density at radius 3 is 2.65 bits per heavy atom. The number of aromatic hydroxyl groups is 2. The maximum atomic E-state index is 12.4. The van der Waals surface area contributed by atoms with E-state index in [1.165, 1.54) is 18.2 Å². The molecule has 23 heavy (non-hydrogen) atoms. The minimum Gasteiger partial charge on any atom is -0.504 e. The Labute approximate surface area is 131 Å². The van der Waals surface area contributed by atoms with Crippen molar-refractivity contribution in [3.05, 3.63) is 65.4 Å². The Morgan fingerprint density at radius 1 is 1.09 bits per heavy atom. The molecule has 0 atom stereocenters. The van der Waals surface area contributed by atoms with Crippen molar-refractivity contribution in [2.45, 2.75) is 0 Å². The maximum Gasteiger partial charge on any atom is 0.203 e. The largest absolute Gasteiger partial charge is 0.504 e. The number of fused-ring (bicyclic) bond motifs is 1. The summed E-state index contributed by atoms with van der Waals surface area (Å²) in [6.45, 7) is 0. The number of rotatable bonds is 3. The zero-order valence-corrected chi connectivity index (χ0v) is 11.9. The van der Waals surface area contributed by atoms with E-state index in [1.807, 2.05) is 30.5 Å². The lowest BCUT2D eigenvalue weighted by molar-refractivity contribution is 0.103. The number of benzene rings is 2. The molecule has 2 aromatic carbocycles. The van der Waals surface area contributed by atoms with Crippen LogP contribution in [0.5, 0.6) is 11.5 Å². The third-order valence-corrected chi connectivity index (χ3v) is 3.49. The molecule has 0 saturated heterocycles. The van der Waals surface area contributed by atoms with E-state index in [-0.39, 0.29) is 16.9 Å². The molecule has 3 rings (SSSR count). The SMILES string of the molecule is N#C/C(=C\c1ccc2[nH]ccc2c1)C(=O)c1ccc(O)c(O)c1. The molecule has 1 heterocycles. The lowest BCUT2D eigenvalue weighted by Crippen LogP contribution is -2.01. The van der Waals surface area contributed by atoms with Gasteiger partial charge in [0, 0.05) is 17.3 Å². The van der Waals surface area contributed by atoms with Crippen LogP contribution in [0.3, 0.4) is 0 Å². The number of carbonyl (C=O) groups is 1. The summed E-state index contributed by atoms with van der Waals surface area (Å²) in [5, 5.41) is 29.0. The first kappa shape index (κ1) is 14.4. The summed E-state index contributed by atoms with van der Waals surface area (Å²) in [6, 6.07) is 13.0. The minimum atomic E-state index is -0.517. The van der Waals surface area contributed by atoms with Crippen molar-refractivity contribution in [1.82, 2.24) is 4.98 Å². The number of nitrogens with one attached hydrogen (secondary N) is 1. The fourth-order valence-electron chi connectivity index (χ4n) is 2.30. The summed E-state index contributed by atoms with van der Waals surface area (Å²) in [4.78, 5) is 15.4. The van der Waals surface area contributed by atoms with E-state index in [9.17, 15) is 20.3 Å². The standard InChI is InChI=1S/C18H12N2O3/c19-10-14(18(23)13-2-4-16(21)17(22)9-13)8-11-1-3-15-12(7-11)5-6-20-15/h1-9,20-22H/b14-8+. The van der Waals surface area contributed by atoms with Crippen LogP contribution in [-0.4, -0.2) is 21.0 Å². The van der Waals surface area contributed by atoms with Crippen LogP contribution in [0.15, 0.2) is 54.2 Å². The number of nitriles is 1. The van der Waals surface area contributed by atoms with Gasteiger partial charge in [0.05, 0.1) is 0 Å². The molecule has 0 aliphatic heterocycles. The number of aromatic amines is 1. The van der Waals surface area contributed by atoms with E-state index < -0.39 is 11.5 Å². The molecular weight excluding hydrogens is 292 g/mol. The average Bonchev–Trinajstić information content (AvgIpc) is 3.02. The molecule has 3 N–H and O–H groups in total. The number of phenolic OH excluding ortho intramolecular Hbond substituents is 2. The highest BCUT2D eigenvalue weighted by Crippen LogP contribution is 2.26. The number of phenols is 2. The second kappa shape index (κ2) is 5.70. The smallest absolute Gasteiger partial charge is 0.203 e. The molecule has 5 nitrogen and oxygen atoms in total. The lowest BCUT2D eigenvalue weighted by Gasteiger charge is -2.02. The summed E-state index contributed by atoms with van der Waals surface area (Å²) in [7, 11) is 0. The van der Waals surface area contributed by atoms with Crippen molar-refractivity contribution in [2.24, 2.45) is 0 Å². The Bertz CT molecular complexity index is 977. The van der Waals surface area contributed by atoms with Gasteiger partial charge >= 0.3 is 0 Å². The molecule has 0 spiro atoms. The molecule has 0 saturated carbocycles. The van der Waals surface area contributed by atoms with Gasteiger partial charge in [-0.1, -0.05) is 6.07 Å². The van der Waals surface area contributed by atoms with E-state index in [1.54, 1.807) is 6.07 Å². The molecule has 112 valence electrons. The van der Waals surface area contributed by atoms with E-state index in [0.29, 0.717) is 0 Å². The molecule has 0 amide bonds. The minimum absolute atomic E-state index is 0.0509. The fraction of sp³-hybridized carbons (Fsp3) is 0. The second-order valence-corrected chi connectivity index (χ2v) is 5.03. The Morgan fingerprint density at radius 2 is 1.91 bits per heavy atom. The monoisotopic (exact) mass is 304 g/mol. The quantitative estimate of drug-likeness (QED) is 0.299. The predicted octanol–water partition coefficient (Wildman–Crippen LogP) is 3.37. The van der Waals surface area contributed by atoms with Crippen LogP contribution in [0, 0.1) is 11.3 Å². The summed E-state index contributed by atoms with van der Waals surface area (Å²) in [5.74, 6) is -1.24. The van der Waals surface area contributed by atoms with Crippen LogP contribution in [0.4, 0.5) is 0 Å². The molecule has 0 bridgehead atoms. The summed E-state index contributed by atoms with van der Waals surface area (Å²) in [5.41, 5.74) is 1.78. The van der Waals surface area contributed by atoms with E-state index in [4.69, 9.17) is 0 Å². The van der Waals surface area contributed by atoms with Gasteiger partial charge in [-0.05, 0) is 53.4 Å². The highest BCUT2D eigenvalue weighted by atomic mass is 16.3. The van der Waals surface area contributed by atoms with E-state index >= 15 is 0 Å². The number of aromatic nitrogens is 1. The van der Waals surface area contributed by atoms with Gasteiger partial charge in [-0.2, -0.15) is 5.26 Å². The molecular formula is C18H12N2O3. The highest BCUT2D eigenvalue weighted by molar-refractivity contribution is 6.14. The molecule has 3 aromatic rings. The molecule has 5 heteroatoms. The van der Waals surface area contributed by atoms with Crippen molar-refractivity contribution in [3.63, 3.8) is 0 Å². The normalized spacial score (nSPS) is 11.3. The van der Waals surface area contributed by atoms with Gasteiger partial charge in [0.15, 0.2) is 11.5 Å². The Kier molecular flexibility index (Phi) is 3.57. The van der Waals surface area contributed by atoms with Crippen molar-refractivity contribution in [3.8, 4) is 17.6 Å². The lowest BCUT2D eigenvalue weighted by atomic mass is 10.0. The average molecular weight is 304 g/mol. The van der Waals surface area contributed by atoms with Gasteiger partial charge in [-0.3, -0.25) is 4.79 Å². The zero-order chi connectivity index (χ0) is 16.4. The van der Waals surface area contributed by atoms with E-state index in [0.717, 1.165) is 22.5 Å². The van der Waals surface area contributed by atoms with Crippen molar-refractivity contribution < 1.29 is 15.0 Å². The summed E-state index contributed by atoms with van der Waals surface area (Å²) in [6.07, 6.45) is 3.31. The highest BCUT2D eigenvalue weighted by Gasteiger charge is 2.14. The first-order valence-corrected chi connectivity index (χ1v) is 6.84. The van der Waals surface area contributed by atoms with E-state index in [2.05, 4.69) is 4.98 Å². The number of nitrogens with zero attached hydrogens (tertiary/aromatic N) is 1. The third kappa shape index (κ3) is 2.78. The topological polar surface area (TPSA) is 97.1 Å². The number of H-pyrrole nitrogens is 1. The number of allylic oxidation sites excluding steroid dienone is 1. The maximum absolute atomic E-state index is 12.4. The van der Waals surface area contributed by atoms with Crippen molar-refractivity contribution in [1.29, 1.82) is 5.26 Å². The van der Waals surface area contributed by atoms with Crippen LogP contribution in [-0.2, 0) is 0 Å². The van der Waals surface area contributed by atoms with Gasteiger partial charge in [0.1, 0.15) is 11.6 Å². The number of hydrogen-bond donors (Lipinski definition) is 3. The van der Waals surface area contributed by atoms with Gasteiger partial charge in [-0.15, -0.1) is 0 Å². The van der Waals surface area contributed by atoms with Crippen LogP contribution < -0.4 is 0 Å². The Hall–Kier alpha value is -3.52. The molecule has 0 unspecified atom stereocenters. The number of carbonyl (C=O) groups excluding carboxylic acids is 1. The van der Waals surface area contributed by atoms with Crippen molar-refractivity contribution >= 4 is 22.8 Å². The van der Waals surface area contributed by atoms with Gasteiger partial charge < -0.3 is 15.2 Å². The zero-order valence-electron chi connectivity index (χ0n) is 11.9. The first-order chi connectivity index (χ1) is 11.1. The van der Waals surface area contributed by atoms with Crippen LogP contribution >= 0.6 is 0 Å². The predicted molar refractivity (Wildman–Crippen MR) is 86.0 cm³/mol.